The van der Waals surface area contributed by atoms with Crippen molar-refractivity contribution < 1.29 is 4.74 Å². The van der Waals surface area contributed by atoms with Crippen LogP contribution >= 0.6 is 23.2 Å². The standard InChI is InChI=1S/C15H19Cl2NO/c16-13-3-2-11(8-14(13)17)12-4-6-18-9-15(12)5-1-7-19-10-15/h2-3,8,12,18H,1,4-7,9-10H2/t12-,15+/m0/s1. The van der Waals surface area contributed by atoms with E-state index in [1.165, 1.54) is 12.0 Å². The third kappa shape index (κ3) is 2.64. The highest BCUT2D eigenvalue weighted by atomic mass is 35.5. The molecular weight excluding hydrogens is 281 g/mol. The van der Waals surface area contributed by atoms with Gasteiger partial charge in [0.2, 0.25) is 0 Å². The molecule has 1 spiro atoms. The summed E-state index contributed by atoms with van der Waals surface area (Å²) >= 11 is 12.2. The number of piperidine rings is 1. The van der Waals surface area contributed by atoms with E-state index in [0.29, 0.717) is 16.0 Å². The quantitative estimate of drug-likeness (QED) is 0.850. The number of hydrogen-bond acceptors (Lipinski definition) is 2. The summed E-state index contributed by atoms with van der Waals surface area (Å²) in [6.07, 6.45) is 3.52. The van der Waals surface area contributed by atoms with Crippen LogP contribution in [0, 0.1) is 5.41 Å². The van der Waals surface area contributed by atoms with Gasteiger partial charge in [0.15, 0.2) is 0 Å². The van der Waals surface area contributed by atoms with Gasteiger partial charge in [-0.05, 0) is 49.4 Å². The minimum Gasteiger partial charge on any atom is -0.381 e. The highest BCUT2D eigenvalue weighted by Crippen LogP contribution is 2.46. The Morgan fingerprint density at radius 2 is 2.16 bits per heavy atom. The van der Waals surface area contributed by atoms with Crippen LogP contribution in [0.5, 0.6) is 0 Å². The topological polar surface area (TPSA) is 21.3 Å². The van der Waals surface area contributed by atoms with Crippen LogP contribution < -0.4 is 5.32 Å². The summed E-state index contributed by atoms with van der Waals surface area (Å²) in [6.45, 7) is 3.85. The van der Waals surface area contributed by atoms with E-state index in [0.717, 1.165) is 39.1 Å². The van der Waals surface area contributed by atoms with Crippen LogP contribution in [0.1, 0.15) is 30.7 Å². The lowest BCUT2D eigenvalue weighted by atomic mass is 9.66. The van der Waals surface area contributed by atoms with Gasteiger partial charge in [0, 0.05) is 18.6 Å². The van der Waals surface area contributed by atoms with Gasteiger partial charge < -0.3 is 10.1 Å². The molecule has 2 aliphatic rings. The molecule has 3 rings (SSSR count). The Balaban J connectivity index is 1.93. The smallest absolute Gasteiger partial charge is 0.0595 e. The predicted octanol–water partition coefficient (Wildman–Crippen LogP) is 3.87. The van der Waals surface area contributed by atoms with Crippen LogP contribution in [0.2, 0.25) is 10.0 Å². The molecule has 2 atom stereocenters. The number of rotatable bonds is 1. The molecular formula is C15H19Cl2NO. The first-order valence-corrected chi connectivity index (χ1v) is 7.70. The van der Waals surface area contributed by atoms with Crippen LogP contribution in [-0.2, 0) is 4.74 Å². The fourth-order valence-corrected chi connectivity index (χ4v) is 3.86. The largest absolute Gasteiger partial charge is 0.381 e. The van der Waals surface area contributed by atoms with E-state index in [-0.39, 0.29) is 5.41 Å². The number of halogens is 2. The molecule has 0 saturated carbocycles. The second-order valence-corrected chi connectivity index (χ2v) is 6.52. The number of ether oxygens (including phenoxy) is 1. The van der Waals surface area contributed by atoms with E-state index in [9.17, 15) is 0 Å². The monoisotopic (exact) mass is 299 g/mol. The second-order valence-electron chi connectivity index (χ2n) is 5.71. The molecule has 0 radical (unpaired) electrons. The first kappa shape index (κ1) is 13.7. The van der Waals surface area contributed by atoms with E-state index in [2.05, 4.69) is 11.4 Å². The van der Waals surface area contributed by atoms with Gasteiger partial charge in [0.25, 0.3) is 0 Å². The molecule has 1 aromatic rings. The molecule has 104 valence electrons. The predicted molar refractivity (Wildman–Crippen MR) is 79.2 cm³/mol. The lowest BCUT2D eigenvalue weighted by molar-refractivity contribution is -0.0331. The maximum Gasteiger partial charge on any atom is 0.0595 e. The Morgan fingerprint density at radius 1 is 1.26 bits per heavy atom. The Kier molecular flexibility index (Phi) is 4.04. The zero-order chi connectivity index (χ0) is 13.3. The van der Waals surface area contributed by atoms with Gasteiger partial charge in [0.05, 0.1) is 16.7 Å². The molecule has 19 heavy (non-hydrogen) atoms. The molecule has 0 aliphatic carbocycles. The maximum atomic E-state index is 6.18. The van der Waals surface area contributed by atoms with Gasteiger partial charge in [0.1, 0.15) is 0 Å². The summed E-state index contributed by atoms with van der Waals surface area (Å²) in [7, 11) is 0. The third-order valence-electron chi connectivity index (χ3n) is 4.52. The maximum absolute atomic E-state index is 6.18. The number of hydrogen-bond donors (Lipinski definition) is 1. The summed E-state index contributed by atoms with van der Waals surface area (Å²) in [6, 6.07) is 6.08. The summed E-state index contributed by atoms with van der Waals surface area (Å²) in [5.74, 6) is 0.517. The molecule has 1 N–H and O–H groups in total. The molecule has 0 bridgehead atoms. The van der Waals surface area contributed by atoms with Crippen LogP contribution in [0.4, 0.5) is 0 Å². The van der Waals surface area contributed by atoms with Crippen molar-refractivity contribution in [1.29, 1.82) is 0 Å². The van der Waals surface area contributed by atoms with Crippen molar-refractivity contribution >= 4 is 23.2 Å². The average molecular weight is 300 g/mol. The highest BCUT2D eigenvalue weighted by Gasteiger charge is 2.43. The summed E-state index contributed by atoms with van der Waals surface area (Å²) in [5.41, 5.74) is 1.54. The van der Waals surface area contributed by atoms with E-state index >= 15 is 0 Å². The lowest BCUT2D eigenvalue weighted by Crippen LogP contribution is -2.50. The van der Waals surface area contributed by atoms with Crippen LogP contribution in [0.3, 0.4) is 0 Å². The van der Waals surface area contributed by atoms with E-state index in [1.54, 1.807) is 0 Å². The zero-order valence-corrected chi connectivity index (χ0v) is 12.4. The first-order chi connectivity index (χ1) is 9.21. The fraction of sp³-hybridized carbons (Fsp3) is 0.600. The Labute approximate surface area is 124 Å². The molecule has 2 saturated heterocycles. The van der Waals surface area contributed by atoms with Crippen LogP contribution in [-0.4, -0.2) is 26.3 Å². The molecule has 2 aliphatic heterocycles. The minimum atomic E-state index is 0.230. The molecule has 0 unspecified atom stereocenters. The van der Waals surface area contributed by atoms with Gasteiger partial charge in [-0.15, -0.1) is 0 Å². The third-order valence-corrected chi connectivity index (χ3v) is 5.26. The van der Waals surface area contributed by atoms with Crippen molar-refractivity contribution in [2.75, 3.05) is 26.3 Å². The molecule has 0 amide bonds. The zero-order valence-electron chi connectivity index (χ0n) is 10.9. The first-order valence-electron chi connectivity index (χ1n) is 6.95. The van der Waals surface area contributed by atoms with Crippen LogP contribution in [0.15, 0.2) is 18.2 Å². The Bertz CT molecular complexity index is 449. The van der Waals surface area contributed by atoms with E-state index in [1.807, 2.05) is 12.1 Å². The van der Waals surface area contributed by atoms with Gasteiger partial charge in [-0.3, -0.25) is 0 Å². The molecule has 2 heterocycles. The number of nitrogens with one attached hydrogen (secondary N) is 1. The molecule has 2 nitrogen and oxygen atoms in total. The van der Waals surface area contributed by atoms with Gasteiger partial charge >= 0.3 is 0 Å². The summed E-state index contributed by atoms with van der Waals surface area (Å²) < 4.78 is 5.77. The number of benzene rings is 1. The van der Waals surface area contributed by atoms with Crippen molar-refractivity contribution in [3.8, 4) is 0 Å². The average Bonchev–Trinajstić information content (AvgIpc) is 2.44. The molecule has 0 aromatic heterocycles. The summed E-state index contributed by atoms with van der Waals surface area (Å²) in [5, 5.41) is 4.82. The van der Waals surface area contributed by atoms with Gasteiger partial charge in [-0.2, -0.15) is 0 Å². The molecule has 2 fully saturated rings. The second kappa shape index (κ2) is 5.61. The van der Waals surface area contributed by atoms with Crippen molar-refractivity contribution in [2.24, 2.45) is 5.41 Å². The Hall–Kier alpha value is -0.280. The van der Waals surface area contributed by atoms with Crippen molar-refractivity contribution in [3.05, 3.63) is 33.8 Å². The minimum absolute atomic E-state index is 0.230. The highest BCUT2D eigenvalue weighted by molar-refractivity contribution is 6.42. The lowest BCUT2D eigenvalue weighted by Gasteiger charge is -2.47. The Morgan fingerprint density at radius 3 is 2.89 bits per heavy atom. The van der Waals surface area contributed by atoms with Crippen molar-refractivity contribution in [1.82, 2.24) is 5.32 Å². The molecule has 4 heteroatoms. The van der Waals surface area contributed by atoms with Gasteiger partial charge in [-0.25, -0.2) is 0 Å². The molecule has 1 aromatic carbocycles. The van der Waals surface area contributed by atoms with Crippen molar-refractivity contribution in [2.45, 2.75) is 25.2 Å². The fourth-order valence-electron chi connectivity index (χ4n) is 3.55. The van der Waals surface area contributed by atoms with E-state index < -0.39 is 0 Å². The summed E-state index contributed by atoms with van der Waals surface area (Å²) in [4.78, 5) is 0. The SMILES string of the molecule is Clc1ccc([C@@H]2CCNC[C@@]23CCCOC3)cc1Cl. The van der Waals surface area contributed by atoms with E-state index in [4.69, 9.17) is 27.9 Å². The van der Waals surface area contributed by atoms with Gasteiger partial charge in [-0.1, -0.05) is 29.3 Å². The van der Waals surface area contributed by atoms with Crippen LogP contribution in [0.25, 0.3) is 0 Å². The normalized spacial score (nSPS) is 31.6. The van der Waals surface area contributed by atoms with Crippen molar-refractivity contribution in [3.63, 3.8) is 0 Å².